The molecule has 0 spiro atoms. The zero-order valence-corrected chi connectivity index (χ0v) is 17.6. The number of amides is 1. The average molecular weight is 434 g/mol. The van der Waals surface area contributed by atoms with Crippen LogP contribution in [0.2, 0.25) is 10.0 Å². The summed E-state index contributed by atoms with van der Waals surface area (Å²) in [5, 5.41) is 10.6. The number of carbonyl (C=O) groups excluding carboxylic acids is 1. The molecule has 4 nitrogen and oxygen atoms in total. The van der Waals surface area contributed by atoms with Crippen molar-refractivity contribution in [3.8, 4) is 0 Å². The van der Waals surface area contributed by atoms with Crippen LogP contribution in [0.25, 0.3) is 0 Å². The summed E-state index contributed by atoms with van der Waals surface area (Å²) in [6.45, 7) is 0.764. The highest BCUT2D eigenvalue weighted by molar-refractivity contribution is 6.30. The highest BCUT2D eigenvalue weighted by Gasteiger charge is 2.45. The summed E-state index contributed by atoms with van der Waals surface area (Å²) in [6, 6.07) is 15.0. The molecule has 2 aliphatic rings. The minimum Gasteiger partial charge on any atom is -0.396 e. The molecule has 1 saturated carbocycles. The molecule has 1 aliphatic carbocycles. The summed E-state index contributed by atoms with van der Waals surface area (Å²) in [7, 11) is 0. The van der Waals surface area contributed by atoms with Gasteiger partial charge in [0, 0.05) is 23.2 Å². The molecule has 1 saturated heterocycles. The Hall–Kier alpha value is -1.59. The van der Waals surface area contributed by atoms with Crippen molar-refractivity contribution in [2.75, 3.05) is 13.2 Å². The molecule has 0 radical (unpaired) electrons. The molecule has 1 heterocycles. The zero-order valence-electron chi connectivity index (χ0n) is 16.1. The number of aliphatic hydroxyl groups is 1. The monoisotopic (exact) mass is 433 g/mol. The predicted octanol–water partition coefficient (Wildman–Crippen LogP) is 5.19. The van der Waals surface area contributed by atoms with Crippen molar-refractivity contribution >= 4 is 29.1 Å². The number of nitrogens with zero attached hydrogens (tertiary/aromatic N) is 1. The van der Waals surface area contributed by atoms with Crippen LogP contribution in [0.1, 0.15) is 49.0 Å². The van der Waals surface area contributed by atoms with E-state index in [4.69, 9.17) is 27.9 Å². The van der Waals surface area contributed by atoms with Gasteiger partial charge in [0.25, 0.3) is 5.91 Å². The highest BCUT2D eigenvalue weighted by Crippen LogP contribution is 2.45. The van der Waals surface area contributed by atoms with Gasteiger partial charge in [0.2, 0.25) is 0 Å². The van der Waals surface area contributed by atoms with Crippen LogP contribution in [0, 0.1) is 5.92 Å². The third-order valence-corrected chi connectivity index (χ3v) is 6.14. The average Bonchev–Trinajstić information content (AvgIpc) is 3.53. The second-order valence-electron chi connectivity index (χ2n) is 7.90. The zero-order chi connectivity index (χ0) is 20.4. The Balaban J connectivity index is 1.75. The third kappa shape index (κ3) is 4.77. The smallest absolute Gasteiger partial charge is 0.252 e. The second kappa shape index (κ2) is 9.05. The minimum atomic E-state index is -0.562. The third-order valence-electron chi connectivity index (χ3n) is 5.66. The number of hydrogen-bond acceptors (Lipinski definition) is 3. The van der Waals surface area contributed by atoms with Crippen LogP contribution in [0.4, 0.5) is 0 Å². The SMILES string of the molecule is O=C1[C@@H](CCCO)O[C@H](c2cccc(Cl)c2)C(c2ccc(Cl)cc2)N1CC1CC1. The molecular formula is C23H25Cl2NO3. The summed E-state index contributed by atoms with van der Waals surface area (Å²) in [5.74, 6) is 0.550. The Bertz CT molecular complexity index is 853. The minimum absolute atomic E-state index is 0.00331. The van der Waals surface area contributed by atoms with Gasteiger partial charge in [0.05, 0.1) is 6.04 Å². The lowest BCUT2D eigenvalue weighted by Gasteiger charge is -2.45. The Morgan fingerprint density at radius 2 is 1.79 bits per heavy atom. The Morgan fingerprint density at radius 3 is 2.45 bits per heavy atom. The van der Waals surface area contributed by atoms with Gasteiger partial charge in [-0.25, -0.2) is 0 Å². The standard InChI is InChI=1S/C23H25Cl2NO3/c24-18-10-8-16(9-11-18)21-22(17-3-1-4-19(25)13-17)29-20(5-2-12-27)23(28)26(21)14-15-6-7-15/h1,3-4,8-11,13,15,20-22,27H,2,5-7,12,14H2/t20-,21?,22-/m1/s1. The molecule has 29 heavy (non-hydrogen) atoms. The van der Waals surface area contributed by atoms with E-state index in [-0.39, 0.29) is 24.7 Å². The number of ether oxygens (including phenoxy) is 1. The van der Waals surface area contributed by atoms with Gasteiger partial charge in [-0.3, -0.25) is 4.79 Å². The number of halogens is 2. The van der Waals surface area contributed by atoms with Crippen molar-refractivity contribution in [1.29, 1.82) is 0 Å². The molecule has 1 amide bonds. The number of carbonyl (C=O) groups is 1. The topological polar surface area (TPSA) is 49.8 Å². The second-order valence-corrected chi connectivity index (χ2v) is 8.77. The molecule has 1 aliphatic heterocycles. The molecule has 4 rings (SSSR count). The lowest BCUT2D eigenvalue weighted by atomic mass is 9.90. The van der Waals surface area contributed by atoms with E-state index in [1.807, 2.05) is 53.4 Å². The van der Waals surface area contributed by atoms with Crippen LogP contribution in [0.3, 0.4) is 0 Å². The van der Waals surface area contributed by atoms with Crippen LogP contribution >= 0.6 is 23.2 Å². The number of morpholine rings is 1. The van der Waals surface area contributed by atoms with Gasteiger partial charge < -0.3 is 14.7 Å². The maximum absolute atomic E-state index is 13.4. The fourth-order valence-corrected chi connectivity index (χ4v) is 4.33. The normalized spacial score (nSPS) is 24.7. The fraction of sp³-hybridized carbons (Fsp3) is 0.435. The molecule has 6 heteroatoms. The summed E-state index contributed by atoms with van der Waals surface area (Å²) in [5.41, 5.74) is 1.94. The maximum atomic E-state index is 13.4. The van der Waals surface area contributed by atoms with Crippen molar-refractivity contribution < 1.29 is 14.6 Å². The molecule has 1 N–H and O–H groups in total. The van der Waals surface area contributed by atoms with E-state index in [9.17, 15) is 9.90 Å². The molecule has 0 aromatic heterocycles. The number of benzene rings is 2. The van der Waals surface area contributed by atoms with Crippen LogP contribution in [0.5, 0.6) is 0 Å². The van der Waals surface area contributed by atoms with Crippen LogP contribution in [-0.2, 0) is 9.53 Å². The van der Waals surface area contributed by atoms with Crippen LogP contribution in [-0.4, -0.2) is 35.2 Å². The molecule has 2 aromatic rings. The molecule has 0 bridgehead atoms. The van der Waals surface area contributed by atoms with Crippen LogP contribution < -0.4 is 0 Å². The van der Waals surface area contributed by atoms with Gasteiger partial charge in [-0.05, 0) is 67.0 Å². The predicted molar refractivity (Wildman–Crippen MR) is 114 cm³/mol. The van der Waals surface area contributed by atoms with E-state index >= 15 is 0 Å². The van der Waals surface area contributed by atoms with Crippen molar-refractivity contribution in [3.05, 3.63) is 69.7 Å². The largest absolute Gasteiger partial charge is 0.396 e. The van der Waals surface area contributed by atoms with E-state index in [0.717, 1.165) is 30.5 Å². The first-order chi connectivity index (χ1) is 14.1. The highest BCUT2D eigenvalue weighted by atomic mass is 35.5. The number of aliphatic hydroxyl groups excluding tert-OH is 1. The molecular weight excluding hydrogens is 409 g/mol. The molecule has 3 atom stereocenters. The molecule has 2 fully saturated rings. The summed E-state index contributed by atoms with van der Waals surface area (Å²) >= 11 is 12.4. The van der Waals surface area contributed by atoms with Gasteiger partial charge in [-0.15, -0.1) is 0 Å². The van der Waals surface area contributed by atoms with E-state index in [1.165, 1.54) is 0 Å². The van der Waals surface area contributed by atoms with E-state index in [0.29, 0.717) is 28.8 Å². The quantitative estimate of drug-likeness (QED) is 0.653. The van der Waals surface area contributed by atoms with Gasteiger partial charge in [0.1, 0.15) is 12.2 Å². The first-order valence-electron chi connectivity index (χ1n) is 10.1. The van der Waals surface area contributed by atoms with E-state index in [1.54, 1.807) is 0 Å². The van der Waals surface area contributed by atoms with Gasteiger partial charge in [-0.1, -0.05) is 47.5 Å². The maximum Gasteiger partial charge on any atom is 0.252 e. The summed E-state index contributed by atoms with van der Waals surface area (Å²) in [6.07, 6.45) is 2.44. The number of rotatable bonds is 7. The van der Waals surface area contributed by atoms with E-state index < -0.39 is 6.10 Å². The molecule has 1 unspecified atom stereocenters. The Kier molecular flexibility index (Phi) is 6.45. The number of hydrogen-bond donors (Lipinski definition) is 1. The van der Waals surface area contributed by atoms with Crippen molar-refractivity contribution in [2.24, 2.45) is 5.92 Å². The molecule has 2 aromatic carbocycles. The lowest BCUT2D eigenvalue weighted by molar-refractivity contribution is -0.176. The van der Waals surface area contributed by atoms with Crippen molar-refractivity contribution in [2.45, 2.75) is 43.9 Å². The lowest BCUT2D eigenvalue weighted by Crippen LogP contribution is -2.51. The fourth-order valence-electron chi connectivity index (χ4n) is 4.00. The molecule has 154 valence electrons. The van der Waals surface area contributed by atoms with Crippen molar-refractivity contribution in [3.63, 3.8) is 0 Å². The van der Waals surface area contributed by atoms with Gasteiger partial charge >= 0.3 is 0 Å². The Morgan fingerprint density at radius 1 is 1.03 bits per heavy atom. The van der Waals surface area contributed by atoms with Crippen molar-refractivity contribution in [1.82, 2.24) is 4.90 Å². The summed E-state index contributed by atoms with van der Waals surface area (Å²) in [4.78, 5) is 15.3. The first-order valence-corrected chi connectivity index (χ1v) is 10.9. The Labute approximate surface area is 181 Å². The van der Waals surface area contributed by atoms with Crippen LogP contribution in [0.15, 0.2) is 48.5 Å². The van der Waals surface area contributed by atoms with E-state index in [2.05, 4.69) is 0 Å². The first kappa shape index (κ1) is 20.7. The van der Waals surface area contributed by atoms with Gasteiger partial charge in [-0.2, -0.15) is 0 Å². The summed E-state index contributed by atoms with van der Waals surface area (Å²) < 4.78 is 6.38. The van der Waals surface area contributed by atoms with Gasteiger partial charge in [0.15, 0.2) is 0 Å².